The fraction of sp³-hybridized carbons (Fsp3) is 0.417. The van der Waals surface area contributed by atoms with Gasteiger partial charge in [-0.2, -0.15) is 0 Å². The molecule has 1 aromatic carbocycles. The molecule has 0 aliphatic carbocycles. The molecule has 0 aliphatic rings. The Balaban J connectivity index is 0.00000256. The van der Waals surface area contributed by atoms with Crippen LogP contribution in [-0.4, -0.2) is 33.9 Å². The average Bonchev–Trinajstić information content (AvgIpc) is 2.17. The summed E-state index contributed by atoms with van der Waals surface area (Å²) in [6.45, 7) is 2.05. The highest BCUT2D eigenvalue weighted by atomic mass is 127. The molecule has 1 rings (SSSR count). The van der Waals surface area contributed by atoms with Crippen LogP contribution in [0.2, 0.25) is 0 Å². The molecule has 0 amide bonds. The zero-order valence-corrected chi connectivity index (χ0v) is 12.7. The van der Waals surface area contributed by atoms with E-state index in [1.807, 2.05) is 39.3 Å². The van der Waals surface area contributed by atoms with Gasteiger partial charge in [-0.25, -0.2) is 4.79 Å². The summed E-state index contributed by atoms with van der Waals surface area (Å²) >= 11 is 0. The molecule has 0 bridgehead atoms. The van der Waals surface area contributed by atoms with Crippen molar-refractivity contribution < 1.29 is 38.2 Å². The Morgan fingerprint density at radius 2 is 1.94 bits per heavy atom. The maximum atomic E-state index is 11.1. The van der Waals surface area contributed by atoms with E-state index in [1.165, 1.54) is 0 Å². The molecular formula is C12H18INO3. The van der Waals surface area contributed by atoms with Crippen LogP contribution in [0, 0.1) is 0 Å². The van der Waals surface area contributed by atoms with Crippen LogP contribution in [0.4, 0.5) is 10.5 Å². The third-order valence-corrected chi connectivity index (χ3v) is 2.06. The van der Waals surface area contributed by atoms with Crippen molar-refractivity contribution in [2.24, 2.45) is 0 Å². The SMILES string of the molecule is CCOC(=O)Oc1cccc([N+](C)(C)C)c1.[I-]. The van der Waals surface area contributed by atoms with Crippen molar-refractivity contribution >= 4 is 11.8 Å². The fourth-order valence-corrected chi connectivity index (χ4v) is 1.21. The number of benzene rings is 1. The zero-order chi connectivity index (χ0) is 12.2. The second-order valence-corrected chi connectivity index (χ2v) is 4.29. The standard InChI is InChI=1S/C12H18NO3.HI/c1-5-15-12(14)16-11-8-6-7-10(9-11)13(2,3)4;/h6-9H,5H2,1-4H3;1H/q+1;/p-1. The summed E-state index contributed by atoms with van der Waals surface area (Å²) in [6.07, 6.45) is -0.666. The zero-order valence-electron chi connectivity index (χ0n) is 10.6. The molecule has 0 unspecified atom stereocenters. The van der Waals surface area contributed by atoms with Gasteiger partial charge in [0.1, 0.15) is 11.4 Å². The summed E-state index contributed by atoms with van der Waals surface area (Å²) in [4.78, 5) is 11.1. The molecule has 5 heteroatoms. The van der Waals surface area contributed by atoms with Gasteiger partial charge in [-0.1, -0.05) is 6.07 Å². The first-order valence-corrected chi connectivity index (χ1v) is 5.20. The lowest BCUT2D eigenvalue weighted by Crippen LogP contribution is -3.00. The average molecular weight is 351 g/mol. The summed E-state index contributed by atoms with van der Waals surface area (Å²) in [7, 11) is 6.14. The van der Waals surface area contributed by atoms with Crippen molar-refractivity contribution in [2.75, 3.05) is 27.7 Å². The van der Waals surface area contributed by atoms with E-state index in [4.69, 9.17) is 9.47 Å². The number of quaternary nitrogens is 1. The van der Waals surface area contributed by atoms with Gasteiger partial charge in [0.2, 0.25) is 0 Å². The van der Waals surface area contributed by atoms with E-state index in [0.29, 0.717) is 16.8 Å². The third-order valence-electron chi connectivity index (χ3n) is 2.06. The first-order valence-electron chi connectivity index (χ1n) is 5.20. The molecule has 0 saturated heterocycles. The molecule has 4 nitrogen and oxygen atoms in total. The smallest absolute Gasteiger partial charge is 0.513 e. The van der Waals surface area contributed by atoms with Gasteiger partial charge in [0.25, 0.3) is 0 Å². The monoisotopic (exact) mass is 351 g/mol. The van der Waals surface area contributed by atoms with E-state index in [0.717, 1.165) is 5.69 Å². The van der Waals surface area contributed by atoms with Gasteiger partial charge >= 0.3 is 6.16 Å². The van der Waals surface area contributed by atoms with E-state index >= 15 is 0 Å². The first-order chi connectivity index (χ1) is 7.43. The van der Waals surface area contributed by atoms with Crippen LogP contribution in [-0.2, 0) is 4.74 Å². The van der Waals surface area contributed by atoms with Crippen LogP contribution >= 0.6 is 0 Å². The number of hydrogen-bond donors (Lipinski definition) is 0. The highest BCUT2D eigenvalue weighted by Gasteiger charge is 2.14. The molecule has 0 aromatic heterocycles. The van der Waals surface area contributed by atoms with Gasteiger partial charge in [0, 0.05) is 6.07 Å². The molecule has 0 fully saturated rings. The number of halogens is 1. The first kappa shape index (κ1) is 16.2. The highest BCUT2D eigenvalue weighted by Crippen LogP contribution is 2.22. The normalized spacial score (nSPS) is 10.4. The molecule has 0 aliphatic heterocycles. The Kier molecular flexibility index (Phi) is 6.48. The summed E-state index contributed by atoms with van der Waals surface area (Å²) < 4.78 is 10.4. The molecular weight excluding hydrogens is 333 g/mol. The molecule has 0 heterocycles. The number of nitrogens with zero attached hydrogens (tertiary/aromatic N) is 1. The van der Waals surface area contributed by atoms with Gasteiger partial charge in [0.05, 0.1) is 27.7 Å². The molecule has 96 valence electrons. The molecule has 0 spiro atoms. The van der Waals surface area contributed by atoms with Crippen molar-refractivity contribution in [3.63, 3.8) is 0 Å². The Hall–Kier alpha value is -0.820. The van der Waals surface area contributed by atoms with Gasteiger partial charge in [-0.3, -0.25) is 4.48 Å². The lowest BCUT2D eigenvalue weighted by molar-refractivity contribution is -0.0000145. The molecule has 1 aromatic rings. The summed E-state index contributed by atoms with van der Waals surface area (Å²) in [5.41, 5.74) is 1.06. The van der Waals surface area contributed by atoms with Crippen LogP contribution in [0.1, 0.15) is 6.92 Å². The molecule has 0 saturated carbocycles. The van der Waals surface area contributed by atoms with Crippen molar-refractivity contribution in [1.29, 1.82) is 0 Å². The van der Waals surface area contributed by atoms with Gasteiger partial charge in [-0.15, -0.1) is 0 Å². The van der Waals surface area contributed by atoms with Gasteiger partial charge < -0.3 is 33.5 Å². The summed E-state index contributed by atoms with van der Waals surface area (Å²) in [6, 6.07) is 7.40. The van der Waals surface area contributed by atoms with Crippen molar-refractivity contribution in [3.05, 3.63) is 24.3 Å². The maximum absolute atomic E-state index is 11.1. The Morgan fingerprint density at radius 1 is 1.29 bits per heavy atom. The van der Waals surface area contributed by atoms with Crippen LogP contribution < -0.4 is 33.2 Å². The number of hydrogen-bond acceptors (Lipinski definition) is 3. The summed E-state index contributed by atoms with van der Waals surface area (Å²) in [5, 5.41) is 0. The maximum Gasteiger partial charge on any atom is 0.513 e. The summed E-state index contributed by atoms with van der Waals surface area (Å²) in [5.74, 6) is 0.504. The number of ether oxygens (including phenoxy) is 2. The molecule has 17 heavy (non-hydrogen) atoms. The van der Waals surface area contributed by atoms with Crippen LogP contribution in [0.5, 0.6) is 5.75 Å². The number of carbonyl (C=O) groups is 1. The van der Waals surface area contributed by atoms with Gasteiger partial charge in [-0.05, 0) is 19.1 Å². The van der Waals surface area contributed by atoms with Crippen LogP contribution in [0.25, 0.3) is 0 Å². The van der Waals surface area contributed by atoms with E-state index in [2.05, 4.69) is 0 Å². The van der Waals surface area contributed by atoms with Crippen LogP contribution in [0.15, 0.2) is 24.3 Å². The van der Waals surface area contributed by atoms with Gasteiger partial charge in [0.15, 0.2) is 0 Å². The molecule has 0 atom stereocenters. The predicted octanol–water partition coefficient (Wildman–Crippen LogP) is -0.577. The molecule has 0 N–H and O–H groups in total. The van der Waals surface area contributed by atoms with Crippen molar-refractivity contribution in [3.8, 4) is 5.75 Å². The van der Waals surface area contributed by atoms with E-state index in [1.54, 1.807) is 13.0 Å². The lowest BCUT2D eigenvalue weighted by atomic mass is 10.2. The van der Waals surface area contributed by atoms with Crippen LogP contribution in [0.3, 0.4) is 0 Å². The topological polar surface area (TPSA) is 35.5 Å². The van der Waals surface area contributed by atoms with E-state index in [-0.39, 0.29) is 24.0 Å². The second kappa shape index (κ2) is 6.80. The van der Waals surface area contributed by atoms with E-state index < -0.39 is 6.16 Å². The fourth-order valence-electron chi connectivity index (χ4n) is 1.21. The quantitative estimate of drug-likeness (QED) is 0.317. The third kappa shape index (κ3) is 5.36. The number of carbonyl (C=O) groups excluding carboxylic acids is 1. The predicted molar refractivity (Wildman–Crippen MR) is 63.7 cm³/mol. The Morgan fingerprint density at radius 3 is 2.47 bits per heavy atom. The Bertz CT molecular complexity index is 374. The minimum absolute atomic E-state index is 0. The minimum Gasteiger partial charge on any atom is -1.00 e. The minimum atomic E-state index is -0.666. The van der Waals surface area contributed by atoms with Crippen molar-refractivity contribution in [2.45, 2.75) is 6.92 Å². The number of rotatable bonds is 3. The largest absolute Gasteiger partial charge is 1.00 e. The highest BCUT2D eigenvalue weighted by molar-refractivity contribution is 5.64. The molecule has 0 radical (unpaired) electrons. The van der Waals surface area contributed by atoms with Crippen molar-refractivity contribution in [1.82, 2.24) is 4.48 Å². The Labute approximate surface area is 119 Å². The second-order valence-electron chi connectivity index (χ2n) is 4.29. The lowest BCUT2D eigenvalue weighted by Gasteiger charge is -2.23. The van der Waals surface area contributed by atoms with E-state index in [9.17, 15) is 4.79 Å².